The molecule has 34 heavy (non-hydrogen) atoms. The van der Waals surface area contributed by atoms with Gasteiger partial charge in [-0.25, -0.2) is 4.79 Å². The van der Waals surface area contributed by atoms with Gasteiger partial charge >= 0.3 is 6.03 Å². The van der Waals surface area contributed by atoms with Crippen molar-refractivity contribution in [3.8, 4) is 0 Å². The zero-order valence-corrected chi connectivity index (χ0v) is 21.0. The van der Waals surface area contributed by atoms with Crippen molar-refractivity contribution in [2.45, 2.75) is 38.3 Å². The van der Waals surface area contributed by atoms with Crippen LogP contribution in [0.2, 0.25) is 0 Å². The lowest BCUT2D eigenvalue weighted by molar-refractivity contribution is -0.137. The molecule has 0 aliphatic carbocycles. The number of benzene rings is 2. The number of para-hydroxylation sites is 1. The Bertz CT molecular complexity index is 1040. The number of carbonyl (C=O) groups is 3. The highest BCUT2D eigenvalue weighted by Gasteiger charge is 2.54. The van der Waals surface area contributed by atoms with Crippen LogP contribution in [-0.2, 0) is 9.59 Å². The summed E-state index contributed by atoms with van der Waals surface area (Å²) in [6.45, 7) is 5.06. The van der Waals surface area contributed by atoms with Gasteiger partial charge in [-0.2, -0.15) is 0 Å². The van der Waals surface area contributed by atoms with Crippen molar-refractivity contribution in [3.63, 3.8) is 0 Å². The summed E-state index contributed by atoms with van der Waals surface area (Å²) < 4.78 is 0.942. The molecule has 0 unspecified atom stereocenters. The van der Waals surface area contributed by atoms with Crippen LogP contribution in [0.5, 0.6) is 0 Å². The van der Waals surface area contributed by atoms with Gasteiger partial charge in [0, 0.05) is 35.0 Å². The van der Waals surface area contributed by atoms with Crippen molar-refractivity contribution in [3.05, 3.63) is 59.1 Å². The Morgan fingerprint density at radius 2 is 1.68 bits per heavy atom. The van der Waals surface area contributed by atoms with Crippen LogP contribution >= 0.6 is 15.9 Å². The fourth-order valence-electron chi connectivity index (χ4n) is 4.68. The number of carbonyl (C=O) groups excluding carboxylic acids is 3. The molecule has 9 heteroatoms. The van der Waals surface area contributed by atoms with Crippen molar-refractivity contribution in [2.24, 2.45) is 0 Å². The Morgan fingerprint density at radius 3 is 2.29 bits per heavy atom. The summed E-state index contributed by atoms with van der Waals surface area (Å²) in [7, 11) is 0. The Labute approximate surface area is 208 Å². The van der Waals surface area contributed by atoms with Gasteiger partial charge in [0.2, 0.25) is 5.91 Å². The van der Waals surface area contributed by atoms with E-state index in [2.05, 4.69) is 31.5 Å². The number of hydrogen-bond acceptors (Lipinski definition) is 4. The van der Waals surface area contributed by atoms with E-state index < -0.39 is 5.54 Å². The number of hydrogen-bond donors (Lipinski definition) is 2. The van der Waals surface area contributed by atoms with Gasteiger partial charge in [-0.3, -0.25) is 9.59 Å². The van der Waals surface area contributed by atoms with Crippen molar-refractivity contribution in [1.29, 1.82) is 0 Å². The summed E-state index contributed by atoms with van der Waals surface area (Å²) in [5.74, 6) is -0.219. The average molecular weight is 528 g/mol. The molecular formula is C25H30BrN5O3. The number of halogens is 1. The van der Waals surface area contributed by atoms with E-state index in [9.17, 15) is 14.4 Å². The number of amides is 4. The minimum atomic E-state index is -0.770. The minimum Gasteiger partial charge on any atom is -0.352 e. The van der Waals surface area contributed by atoms with Crippen LogP contribution < -0.4 is 15.5 Å². The monoisotopic (exact) mass is 527 g/mol. The van der Waals surface area contributed by atoms with Crippen molar-refractivity contribution >= 4 is 45.2 Å². The zero-order chi connectivity index (χ0) is 24.3. The lowest BCUT2D eigenvalue weighted by Crippen LogP contribution is -2.58. The second-order valence-corrected chi connectivity index (χ2v) is 10.0. The molecule has 0 bridgehead atoms. The molecule has 2 fully saturated rings. The van der Waals surface area contributed by atoms with E-state index in [1.807, 2.05) is 68.4 Å². The SMILES string of the molecule is CC(C)NC(=O)CN1CN(c2ccccc2)C2(CCN(C(=O)Nc3ccc(Br)cc3)CC2)C1=O. The minimum absolute atomic E-state index is 0.0110. The number of nitrogens with zero attached hydrogens (tertiary/aromatic N) is 3. The fraction of sp³-hybridized carbons (Fsp3) is 0.400. The number of rotatable bonds is 5. The van der Waals surface area contributed by atoms with Crippen molar-refractivity contribution < 1.29 is 14.4 Å². The first-order valence-corrected chi connectivity index (χ1v) is 12.3. The van der Waals surface area contributed by atoms with Crippen LogP contribution in [0.15, 0.2) is 59.1 Å². The molecule has 4 amide bonds. The Hall–Kier alpha value is -3.07. The summed E-state index contributed by atoms with van der Waals surface area (Å²) >= 11 is 3.40. The van der Waals surface area contributed by atoms with Gasteiger partial charge in [-0.05, 0) is 63.1 Å². The van der Waals surface area contributed by atoms with Crippen molar-refractivity contribution in [2.75, 3.05) is 36.5 Å². The molecule has 2 aliphatic heterocycles. The maximum atomic E-state index is 13.7. The molecule has 2 aromatic rings. The normalized spacial score (nSPS) is 17.4. The predicted molar refractivity (Wildman–Crippen MR) is 135 cm³/mol. The first-order chi connectivity index (χ1) is 16.3. The number of urea groups is 1. The van der Waals surface area contributed by atoms with E-state index >= 15 is 0 Å². The van der Waals surface area contributed by atoms with E-state index in [0.717, 1.165) is 15.8 Å². The van der Waals surface area contributed by atoms with Gasteiger partial charge in [-0.1, -0.05) is 34.1 Å². The standard InChI is InChI=1S/C25H30BrN5O3/c1-18(2)27-22(32)16-30-17-31(21-6-4-3-5-7-21)25(23(30)33)12-14-29(15-13-25)24(34)28-20-10-8-19(26)9-11-20/h3-11,18H,12-17H2,1-2H3,(H,27,32)(H,28,34). The van der Waals surface area contributed by atoms with E-state index in [0.29, 0.717) is 32.6 Å². The van der Waals surface area contributed by atoms with Crippen LogP contribution in [0.1, 0.15) is 26.7 Å². The summed E-state index contributed by atoms with van der Waals surface area (Å²) in [6.07, 6.45) is 0.994. The maximum absolute atomic E-state index is 13.7. The van der Waals surface area contributed by atoms with Crippen molar-refractivity contribution in [1.82, 2.24) is 15.1 Å². The number of piperidine rings is 1. The molecule has 2 aromatic carbocycles. The van der Waals surface area contributed by atoms with Gasteiger partial charge in [0.05, 0.1) is 6.67 Å². The average Bonchev–Trinajstić information content (AvgIpc) is 3.07. The van der Waals surface area contributed by atoms with E-state index in [1.54, 1.807) is 9.80 Å². The fourth-order valence-corrected chi connectivity index (χ4v) is 4.94. The molecule has 1 spiro atoms. The van der Waals surface area contributed by atoms with Gasteiger partial charge in [-0.15, -0.1) is 0 Å². The van der Waals surface area contributed by atoms with Crippen LogP contribution in [0.25, 0.3) is 0 Å². The first-order valence-electron chi connectivity index (χ1n) is 11.5. The van der Waals surface area contributed by atoms with Crippen LogP contribution in [0.4, 0.5) is 16.2 Å². The molecule has 4 rings (SSSR count). The molecule has 0 radical (unpaired) electrons. The lowest BCUT2D eigenvalue weighted by atomic mass is 9.85. The molecule has 8 nitrogen and oxygen atoms in total. The number of nitrogens with one attached hydrogen (secondary N) is 2. The topological polar surface area (TPSA) is 85.0 Å². The summed E-state index contributed by atoms with van der Waals surface area (Å²) in [5, 5.41) is 5.80. The lowest BCUT2D eigenvalue weighted by Gasteiger charge is -2.43. The summed E-state index contributed by atoms with van der Waals surface area (Å²) in [6, 6.07) is 17.1. The maximum Gasteiger partial charge on any atom is 0.321 e. The van der Waals surface area contributed by atoms with Crippen LogP contribution in [0.3, 0.4) is 0 Å². The quantitative estimate of drug-likeness (QED) is 0.621. The molecule has 0 aromatic heterocycles. The smallest absolute Gasteiger partial charge is 0.321 e. The molecule has 2 aliphatic rings. The third kappa shape index (κ3) is 5.04. The summed E-state index contributed by atoms with van der Waals surface area (Å²) in [4.78, 5) is 44.4. The van der Waals surface area contributed by atoms with Crippen LogP contribution in [0, 0.1) is 0 Å². The molecular weight excluding hydrogens is 498 g/mol. The highest BCUT2D eigenvalue weighted by molar-refractivity contribution is 9.10. The third-order valence-electron chi connectivity index (χ3n) is 6.34. The Balaban J connectivity index is 1.49. The highest BCUT2D eigenvalue weighted by Crippen LogP contribution is 2.39. The molecule has 180 valence electrons. The zero-order valence-electron chi connectivity index (χ0n) is 19.5. The predicted octanol–water partition coefficient (Wildman–Crippen LogP) is 3.65. The van der Waals surface area contributed by atoms with Gasteiger partial charge in [0.1, 0.15) is 12.1 Å². The Kier molecular flexibility index (Phi) is 7.11. The van der Waals surface area contributed by atoms with Gasteiger partial charge in [0.25, 0.3) is 5.91 Å². The second kappa shape index (κ2) is 10.0. The highest BCUT2D eigenvalue weighted by atomic mass is 79.9. The summed E-state index contributed by atoms with van der Waals surface area (Å²) in [5.41, 5.74) is 0.891. The molecule has 0 atom stereocenters. The molecule has 2 N–H and O–H groups in total. The second-order valence-electron chi connectivity index (χ2n) is 9.09. The molecule has 2 heterocycles. The van der Waals surface area contributed by atoms with E-state index in [-0.39, 0.29) is 30.4 Å². The Morgan fingerprint density at radius 1 is 1.03 bits per heavy atom. The van der Waals surface area contributed by atoms with Gasteiger partial charge in [0.15, 0.2) is 0 Å². The third-order valence-corrected chi connectivity index (χ3v) is 6.87. The van der Waals surface area contributed by atoms with Crippen LogP contribution in [-0.4, -0.2) is 65.5 Å². The van der Waals surface area contributed by atoms with E-state index in [4.69, 9.17) is 0 Å². The molecule has 0 saturated carbocycles. The molecule has 2 saturated heterocycles. The largest absolute Gasteiger partial charge is 0.352 e. The van der Waals surface area contributed by atoms with E-state index in [1.165, 1.54) is 0 Å². The number of likely N-dealkylation sites (tertiary alicyclic amines) is 1. The number of anilines is 2. The first kappa shape index (κ1) is 24.1. The van der Waals surface area contributed by atoms with Gasteiger partial charge < -0.3 is 25.3 Å².